The Morgan fingerprint density at radius 2 is 1.67 bits per heavy atom. The second-order valence-electron chi connectivity index (χ2n) is 4.22. The third-order valence-electron chi connectivity index (χ3n) is 2.88. The van der Waals surface area contributed by atoms with Gasteiger partial charge in [0.25, 0.3) is 0 Å². The molecule has 0 saturated heterocycles. The van der Waals surface area contributed by atoms with Crippen LogP contribution >= 0.6 is 15.9 Å². The van der Waals surface area contributed by atoms with E-state index in [1.165, 1.54) is 0 Å². The predicted octanol–water partition coefficient (Wildman–Crippen LogP) is 3.79. The number of alkyl halides is 1. The quantitative estimate of drug-likeness (QED) is 0.618. The van der Waals surface area contributed by atoms with E-state index in [-0.39, 0.29) is 5.75 Å². The van der Waals surface area contributed by atoms with E-state index >= 15 is 0 Å². The number of fused-ring (bicyclic) bond motifs is 1. The highest BCUT2D eigenvalue weighted by atomic mass is 79.9. The maximum Gasteiger partial charge on any atom is 0.178 e. The molecule has 4 heteroatoms. The summed E-state index contributed by atoms with van der Waals surface area (Å²) in [6.45, 7) is 0. The van der Waals surface area contributed by atoms with Crippen LogP contribution in [0.4, 0.5) is 0 Å². The third-order valence-corrected chi connectivity index (χ3v) is 5.24. The number of hydrogen-bond acceptors (Lipinski definition) is 2. The highest BCUT2D eigenvalue weighted by Gasteiger charge is 2.13. The number of benzene rings is 2. The van der Waals surface area contributed by atoms with Gasteiger partial charge in [-0.05, 0) is 35.7 Å². The number of rotatable bonds is 5. The topological polar surface area (TPSA) is 34.1 Å². The van der Waals surface area contributed by atoms with Crippen LogP contribution in [-0.4, -0.2) is 19.5 Å². The normalized spacial score (nSPS) is 11.8. The number of sulfone groups is 1. The van der Waals surface area contributed by atoms with E-state index < -0.39 is 9.84 Å². The lowest BCUT2D eigenvalue weighted by Gasteiger charge is -2.05. The molecular formula is C14H15BrO2S. The highest BCUT2D eigenvalue weighted by Crippen LogP contribution is 2.20. The minimum Gasteiger partial charge on any atom is -0.224 e. The summed E-state index contributed by atoms with van der Waals surface area (Å²) in [5.74, 6) is 0.219. The van der Waals surface area contributed by atoms with Crippen molar-refractivity contribution in [1.82, 2.24) is 0 Å². The molecule has 0 N–H and O–H groups in total. The van der Waals surface area contributed by atoms with Crippen LogP contribution < -0.4 is 0 Å². The van der Waals surface area contributed by atoms with Crippen LogP contribution in [0.2, 0.25) is 0 Å². The monoisotopic (exact) mass is 326 g/mol. The predicted molar refractivity (Wildman–Crippen MR) is 79.0 cm³/mol. The maximum absolute atomic E-state index is 12.1. The molecule has 2 aromatic rings. The van der Waals surface area contributed by atoms with Gasteiger partial charge in [-0.25, -0.2) is 8.42 Å². The van der Waals surface area contributed by atoms with E-state index in [0.29, 0.717) is 11.3 Å². The Morgan fingerprint density at radius 1 is 0.944 bits per heavy atom. The summed E-state index contributed by atoms with van der Waals surface area (Å²) >= 11 is 3.31. The Morgan fingerprint density at radius 3 is 2.39 bits per heavy atom. The lowest BCUT2D eigenvalue weighted by Crippen LogP contribution is -2.06. The highest BCUT2D eigenvalue weighted by molar-refractivity contribution is 9.09. The van der Waals surface area contributed by atoms with Gasteiger partial charge in [-0.15, -0.1) is 0 Å². The lowest BCUT2D eigenvalue weighted by molar-refractivity contribution is 0.593. The van der Waals surface area contributed by atoms with Crippen molar-refractivity contribution in [3.05, 3.63) is 42.5 Å². The zero-order valence-corrected chi connectivity index (χ0v) is 12.4. The molecule has 0 amide bonds. The minimum atomic E-state index is -3.14. The summed E-state index contributed by atoms with van der Waals surface area (Å²) in [6, 6.07) is 13.1. The van der Waals surface area contributed by atoms with Crippen molar-refractivity contribution in [1.29, 1.82) is 0 Å². The van der Waals surface area contributed by atoms with Crippen LogP contribution in [0, 0.1) is 0 Å². The Hall–Kier alpha value is -0.870. The van der Waals surface area contributed by atoms with Crippen molar-refractivity contribution in [2.45, 2.75) is 17.7 Å². The van der Waals surface area contributed by atoms with Crippen molar-refractivity contribution in [2.24, 2.45) is 0 Å². The smallest absolute Gasteiger partial charge is 0.178 e. The molecule has 0 heterocycles. The molecule has 0 fully saturated rings. The first kappa shape index (κ1) is 13.6. The fourth-order valence-corrected chi connectivity index (χ4v) is 3.66. The molecule has 2 aromatic carbocycles. The molecular weight excluding hydrogens is 312 g/mol. The molecule has 0 aromatic heterocycles. The zero-order valence-electron chi connectivity index (χ0n) is 9.97. The van der Waals surface area contributed by atoms with E-state index in [0.717, 1.165) is 22.5 Å². The van der Waals surface area contributed by atoms with Gasteiger partial charge >= 0.3 is 0 Å². The average Bonchev–Trinajstić information content (AvgIpc) is 2.38. The van der Waals surface area contributed by atoms with Crippen molar-refractivity contribution in [3.63, 3.8) is 0 Å². The molecule has 2 nitrogen and oxygen atoms in total. The number of unbranched alkanes of at least 4 members (excludes halogenated alkanes) is 1. The standard InChI is InChI=1S/C14H15BrO2S/c15-9-3-4-10-18(16,17)14-8-7-12-5-1-2-6-13(12)11-14/h1-2,5-8,11H,3-4,9-10H2. The molecule has 0 spiro atoms. The first-order chi connectivity index (χ1) is 8.63. The summed E-state index contributed by atoms with van der Waals surface area (Å²) in [5.41, 5.74) is 0. The minimum absolute atomic E-state index is 0.219. The molecule has 0 unspecified atom stereocenters. The van der Waals surface area contributed by atoms with Gasteiger partial charge in [0, 0.05) is 5.33 Å². The maximum atomic E-state index is 12.1. The zero-order chi connectivity index (χ0) is 13.0. The van der Waals surface area contributed by atoms with Crippen LogP contribution in [0.5, 0.6) is 0 Å². The second kappa shape index (κ2) is 5.85. The molecule has 0 aliphatic heterocycles. The Kier molecular flexibility index (Phi) is 4.40. The van der Waals surface area contributed by atoms with Gasteiger partial charge in [-0.1, -0.05) is 46.3 Å². The van der Waals surface area contributed by atoms with Crippen LogP contribution in [0.25, 0.3) is 10.8 Å². The summed E-state index contributed by atoms with van der Waals surface area (Å²) in [4.78, 5) is 0.427. The molecule has 0 aliphatic rings. The van der Waals surface area contributed by atoms with Crippen LogP contribution in [0.1, 0.15) is 12.8 Å². The van der Waals surface area contributed by atoms with E-state index in [1.807, 2.05) is 30.3 Å². The summed E-state index contributed by atoms with van der Waals surface area (Å²) in [5, 5.41) is 2.89. The molecule has 0 saturated carbocycles. The van der Waals surface area contributed by atoms with Gasteiger partial charge in [-0.2, -0.15) is 0 Å². The van der Waals surface area contributed by atoms with Gasteiger partial charge in [0.05, 0.1) is 10.6 Å². The third kappa shape index (κ3) is 3.12. The van der Waals surface area contributed by atoms with Crippen LogP contribution in [0.3, 0.4) is 0 Å². The summed E-state index contributed by atoms with van der Waals surface area (Å²) in [6.07, 6.45) is 1.58. The first-order valence-corrected chi connectivity index (χ1v) is 8.68. The van der Waals surface area contributed by atoms with E-state index in [1.54, 1.807) is 12.1 Å². The van der Waals surface area contributed by atoms with Gasteiger partial charge in [-0.3, -0.25) is 0 Å². The van der Waals surface area contributed by atoms with Gasteiger partial charge in [0.1, 0.15) is 0 Å². The molecule has 0 radical (unpaired) electrons. The van der Waals surface area contributed by atoms with Crippen molar-refractivity contribution in [2.75, 3.05) is 11.1 Å². The summed E-state index contributed by atoms with van der Waals surface area (Å²) < 4.78 is 24.3. The molecule has 0 bridgehead atoms. The first-order valence-electron chi connectivity index (χ1n) is 5.91. The molecule has 96 valence electrons. The molecule has 2 rings (SSSR count). The molecule has 18 heavy (non-hydrogen) atoms. The van der Waals surface area contributed by atoms with Gasteiger partial charge < -0.3 is 0 Å². The second-order valence-corrected chi connectivity index (χ2v) is 7.13. The van der Waals surface area contributed by atoms with Crippen molar-refractivity contribution in [3.8, 4) is 0 Å². The summed E-state index contributed by atoms with van der Waals surface area (Å²) in [7, 11) is -3.14. The van der Waals surface area contributed by atoms with Crippen molar-refractivity contribution < 1.29 is 8.42 Å². The Labute approximate surface area is 116 Å². The van der Waals surface area contributed by atoms with E-state index in [4.69, 9.17) is 0 Å². The Bertz CT molecular complexity index is 635. The van der Waals surface area contributed by atoms with Crippen LogP contribution in [-0.2, 0) is 9.84 Å². The average molecular weight is 327 g/mol. The lowest BCUT2D eigenvalue weighted by atomic mass is 10.1. The van der Waals surface area contributed by atoms with Gasteiger partial charge in [0.2, 0.25) is 0 Å². The molecule has 0 atom stereocenters. The van der Waals surface area contributed by atoms with Gasteiger partial charge in [0.15, 0.2) is 9.84 Å². The fourth-order valence-electron chi connectivity index (χ4n) is 1.87. The SMILES string of the molecule is O=S(=O)(CCCCBr)c1ccc2ccccc2c1. The van der Waals surface area contributed by atoms with E-state index in [2.05, 4.69) is 15.9 Å². The number of halogens is 1. The fraction of sp³-hybridized carbons (Fsp3) is 0.286. The van der Waals surface area contributed by atoms with Crippen molar-refractivity contribution >= 4 is 36.5 Å². The molecule has 0 aliphatic carbocycles. The largest absolute Gasteiger partial charge is 0.224 e. The number of hydrogen-bond donors (Lipinski definition) is 0. The van der Waals surface area contributed by atoms with E-state index in [9.17, 15) is 8.42 Å². The Balaban J connectivity index is 2.30. The van der Waals surface area contributed by atoms with Crippen LogP contribution in [0.15, 0.2) is 47.4 Å².